The Morgan fingerprint density at radius 3 is 2.68 bits per heavy atom. The number of benzene rings is 2. The van der Waals surface area contributed by atoms with Crippen molar-refractivity contribution in [3.63, 3.8) is 0 Å². The van der Waals surface area contributed by atoms with Gasteiger partial charge in [-0.25, -0.2) is 9.97 Å². The SMILES string of the molecule is Cc1ccc(-c2cc(NC(=O)CSc3nc(C)nc4ccccc34)on2)cc1. The highest BCUT2D eigenvalue weighted by Gasteiger charge is 2.12. The third-order valence-electron chi connectivity index (χ3n) is 4.14. The fraction of sp³-hybridized carbons (Fsp3) is 0.143. The van der Waals surface area contributed by atoms with E-state index in [1.807, 2.05) is 62.4 Å². The summed E-state index contributed by atoms with van der Waals surface area (Å²) in [5.74, 6) is 1.03. The van der Waals surface area contributed by atoms with Gasteiger partial charge in [0, 0.05) is 17.0 Å². The second kappa shape index (κ2) is 7.82. The van der Waals surface area contributed by atoms with E-state index in [9.17, 15) is 4.79 Å². The predicted molar refractivity (Wildman–Crippen MR) is 110 cm³/mol. The summed E-state index contributed by atoms with van der Waals surface area (Å²) in [4.78, 5) is 21.2. The summed E-state index contributed by atoms with van der Waals surface area (Å²) in [5, 5.41) is 8.49. The monoisotopic (exact) mass is 390 g/mol. The van der Waals surface area contributed by atoms with E-state index in [-0.39, 0.29) is 11.7 Å². The molecule has 0 radical (unpaired) electrons. The minimum absolute atomic E-state index is 0.183. The Labute approximate surface area is 166 Å². The molecule has 2 aromatic carbocycles. The van der Waals surface area contributed by atoms with Crippen molar-refractivity contribution in [3.8, 4) is 11.3 Å². The van der Waals surface area contributed by atoms with Crippen LogP contribution in [0, 0.1) is 13.8 Å². The number of nitrogens with one attached hydrogen (secondary N) is 1. The van der Waals surface area contributed by atoms with Crippen LogP contribution in [-0.4, -0.2) is 26.8 Å². The maximum Gasteiger partial charge on any atom is 0.237 e. The van der Waals surface area contributed by atoms with Gasteiger partial charge in [-0.2, -0.15) is 0 Å². The van der Waals surface area contributed by atoms with Gasteiger partial charge in [0.15, 0.2) is 0 Å². The van der Waals surface area contributed by atoms with Gasteiger partial charge >= 0.3 is 0 Å². The predicted octanol–water partition coefficient (Wildman–Crippen LogP) is 4.63. The number of para-hydroxylation sites is 1. The van der Waals surface area contributed by atoms with Crippen LogP contribution in [0.15, 0.2) is 64.1 Å². The third kappa shape index (κ3) is 4.04. The highest BCUT2D eigenvalue weighted by molar-refractivity contribution is 8.00. The topological polar surface area (TPSA) is 80.9 Å². The zero-order chi connectivity index (χ0) is 19.5. The number of carbonyl (C=O) groups excluding carboxylic acids is 1. The van der Waals surface area contributed by atoms with E-state index in [1.54, 1.807) is 6.07 Å². The molecule has 0 saturated heterocycles. The minimum Gasteiger partial charge on any atom is -0.338 e. The molecule has 7 heteroatoms. The Morgan fingerprint density at radius 1 is 1.07 bits per heavy atom. The molecule has 2 aromatic heterocycles. The van der Waals surface area contributed by atoms with Crippen molar-refractivity contribution in [2.45, 2.75) is 18.9 Å². The zero-order valence-electron chi connectivity index (χ0n) is 15.5. The maximum absolute atomic E-state index is 12.3. The van der Waals surface area contributed by atoms with E-state index in [0.29, 0.717) is 17.4 Å². The summed E-state index contributed by atoms with van der Waals surface area (Å²) in [7, 11) is 0. The fourth-order valence-electron chi connectivity index (χ4n) is 2.77. The van der Waals surface area contributed by atoms with Gasteiger partial charge in [-0.05, 0) is 19.9 Å². The van der Waals surface area contributed by atoms with E-state index in [1.165, 1.54) is 17.3 Å². The van der Waals surface area contributed by atoms with Crippen LogP contribution in [0.2, 0.25) is 0 Å². The van der Waals surface area contributed by atoms with Crippen molar-refractivity contribution in [2.75, 3.05) is 11.1 Å². The lowest BCUT2D eigenvalue weighted by molar-refractivity contribution is -0.113. The van der Waals surface area contributed by atoms with Crippen molar-refractivity contribution in [1.29, 1.82) is 0 Å². The van der Waals surface area contributed by atoms with E-state index >= 15 is 0 Å². The lowest BCUT2D eigenvalue weighted by Gasteiger charge is -2.06. The maximum atomic E-state index is 12.3. The molecule has 0 spiro atoms. The van der Waals surface area contributed by atoms with E-state index in [4.69, 9.17) is 4.52 Å². The number of rotatable bonds is 5. The Hall–Kier alpha value is -3.19. The molecule has 0 atom stereocenters. The molecular weight excluding hydrogens is 372 g/mol. The molecule has 0 aliphatic heterocycles. The molecule has 1 amide bonds. The molecule has 0 saturated carbocycles. The molecule has 140 valence electrons. The molecule has 0 unspecified atom stereocenters. The van der Waals surface area contributed by atoms with Gasteiger partial charge in [-0.1, -0.05) is 64.9 Å². The largest absolute Gasteiger partial charge is 0.338 e. The van der Waals surface area contributed by atoms with E-state index in [0.717, 1.165) is 21.5 Å². The average molecular weight is 390 g/mol. The van der Waals surface area contributed by atoms with E-state index < -0.39 is 0 Å². The van der Waals surface area contributed by atoms with Crippen molar-refractivity contribution in [3.05, 3.63) is 66.0 Å². The smallest absolute Gasteiger partial charge is 0.237 e. The lowest BCUT2D eigenvalue weighted by atomic mass is 10.1. The highest BCUT2D eigenvalue weighted by atomic mass is 32.2. The number of hydrogen-bond donors (Lipinski definition) is 1. The van der Waals surface area contributed by atoms with Crippen LogP contribution in [0.25, 0.3) is 22.2 Å². The van der Waals surface area contributed by atoms with Crippen LogP contribution < -0.4 is 5.32 Å². The average Bonchev–Trinajstić information content (AvgIpc) is 3.15. The van der Waals surface area contributed by atoms with Gasteiger partial charge in [-0.3, -0.25) is 10.1 Å². The van der Waals surface area contributed by atoms with Crippen LogP contribution in [0.1, 0.15) is 11.4 Å². The summed E-state index contributed by atoms with van der Waals surface area (Å²) in [5.41, 5.74) is 3.66. The summed E-state index contributed by atoms with van der Waals surface area (Å²) in [6.45, 7) is 3.87. The normalized spacial score (nSPS) is 10.9. The summed E-state index contributed by atoms with van der Waals surface area (Å²) >= 11 is 1.37. The Kier molecular flexibility index (Phi) is 5.08. The molecule has 4 rings (SSSR count). The first-order valence-electron chi connectivity index (χ1n) is 8.78. The Balaban J connectivity index is 1.42. The third-order valence-corrected chi connectivity index (χ3v) is 5.13. The molecule has 0 fully saturated rings. The first kappa shape index (κ1) is 18.2. The minimum atomic E-state index is -0.183. The zero-order valence-corrected chi connectivity index (χ0v) is 16.3. The number of anilines is 1. The molecule has 4 aromatic rings. The van der Waals surface area contributed by atoms with Gasteiger partial charge in [0.25, 0.3) is 0 Å². The van der Waals surface area contributed by atoms with Crippen molar-refractivity contribution in [2.24, 2.45) is 0 Å². The van der Waals surface area contributed by atoms with Crippen molar-refractivity contribution < 1.29 is 9.32 Å². The molecular formula is C21H18N4O2S. The first-order chi connectivity index (χ1) is 13.6. The highest BCUT2D eigenvalue weighted by Crippen LogP contribution is 2.26. The number of fused-ring (bicyclic) bond motifs is 1. The van der Waals surface area contributed by atoms with Crippen LogP contribution in [-0.2, 0) is 4.79 Å². The lowest BCUT2D eigenvalue weighted by Crippen LogP contribution is -2.13. The van der Waals surface area contributed by atoms with Crippen LogP contribution in [0.3, 0.4) is 0 Å². The molecule has 6 nitrogen and oxygen atoms in total. The Bertz CT molecular complexity index is 1140. The quantitative estimate of drug-likeness (QED) is 0.395. The molecule has 0 aliphatic rings. The van der Waals surface area contributed by atoms with Gasteiger partial charge in [-0.15, -0.1) is 0 Å². The van der Waals surface area contributed by atoms with Crippen LogP contribution >= 0.6 is 11.8 Å². The van der Waals surface area contributed by atoms with Crippen molar-refractivity contribution in [1.82, 2.24) is 15.1 Å². The number of aromatic nitrogens is 3. The summed E-state index contributed by atoms with van der Waals surface area (Å²) < 4.78 is 5.24. The summed E-state index contributed by atoms with van der Waals surface area (Å²) in [6.07, 6.45) is 0. The number of thioether (sulfide) groups is 1. The van der Waals surface area contributed by atoms with E-state index in [2.05, 4.69) is 20.4 Å². The second-order valence-corrected chi connectivity index (χ2v) is 7.34. The number of nitrogens with zero attached hydrogens (tertiary/aromatic N) is 3. The van der Waals surface area contributed by atoms with Crippen molar-refractivity contribution >= 4 is 34.5 Å². The molecule has 28 heavy (non-hydrogen) atoms. The first-order valence-corrected chi connectivity index (χ1v) is 9.77. The summed E-state index contributed by atoms with van der Waals surface area (Å²) in [6, 6.07) is 17.4. The van der Waals surface area contributed by atoms with Gasteiger partial charge in [0.2, 0.25) is 11.8 Å². The number of hydrogen-bond acceptors (Lipinski definition) is 6. The van der Waals surface area contributed by atoms with Gasteiger partial charge < -0.3 is 4.52 Å². The van der Waals surface area contributed by atoms with Gasteiger partial charge in [0.05, 0.1) is 11.3 Å². The standard InChI is InChI=1S/C21H18N4O2S/c1-13-7-9-15(10-8-13)18-11-20(27-25-18)24-19(26)12-28-21-16-5-3-4-6-17(16)22-14(2)23-21/h3-11H,12H2,1-2H3,(H,24,26). The number of carbonyl (C=O) groups is 1. The molecule has 0 bridgehead atoms. The second-order valence-electron chi connectivity index (χ2n) is 6.37. The fourth-order valence-corrected chi connectivity index (χ4v) is 3.64. The molecule has 2 heterocycles. The Morgan fingerprint density at radius 2 is 1.86 bits per heavy atom. The van der Waals surface area contributed by atoms with Gasteiger partial charge in [0.1, 0.15) is 16.5 Å². The van der Waals surface area contributed by atoms with Crippen LogP contribution in [0.4, 0.5) is 5.88 Å². The van der Waals surface area contributed by atoms with Crippen LogP contribution in [0.5, 0.6) is 0 Å². The molecule has 1 N–H and O–H groups in total. The molecule has 0 aliphatic carbocycles. The number of aryl methyl sites for hydroxylation is 2. The number of amides is 1.